The summed E-state index contributed by atoms with van der Waals surface area (Å²) in [6.07, 6.45) is 0.568. The summed E-state index contributed by atoms with van der Waals surface area (Å²) in [4.78, 5) is 14.0. The molecule has 0 saturated carbocycles. The Morgan fingerprint density at radius 2 is 1.81 bits per heavy atom. The third-order valence-corrected chi connectivity index (χ3v) is 4.82. The molecule has 27 heavy (non-hydrogen) atoms. The minimum Gasteiger partial charge on any atom is -0.489 e. The number of aryl methyl sites for hydroxylation is 2. The van der Waals surface area contributed by atoms with Crippen molar-refractivity contribution in [3.8, 4) is 5.75 Å². The van der Waals surface area contributed by atoms with Crippen LogP contribution in [0.2, 0.25) is 0 Å². The van der Waals surface area contributed by atoms with E-state index in [9.17, 15) is 4.79 Å². The minimum atomic E-state index is -0.469. The molecule has 2 aromatic rings. The Morgan fingerprint density at radius 3 is 2.52 bits per heavy atom. The molecule has 1 aliphatic heterocycles. The van der Waals surface area contributed by atoms with Gasteiger partial charge in [0.05, 0.1) is 0 Å². The van der Waals surface area contributed by atoms with Gasteiger partial charge in [0.25, 0.3) is 0 Å². The lowest BCUT2D eigenvalue weighted by Gasteiger charge is -2.31. The van der Waals surface area contributed by atoms with Gasteiger partial charge in [-0.25, -0.2) is 4.79 Å². The zero-order chi connectivity index (χ0) is 19.6. The van der Waals surface area contributed by atoms with E-state index >= 15 is 0 Å². The Kier molecular flexibility index (Phi) is 5.45. The van der Waals surface area contributed by atoms with Gasteiger partial charge in [-0.2, -0.15) is 0 Å². The molecule has 0 saturated heterocycles. The number of fused-ring (bicyclic) bond motifs is 1. The van der Waals surface area contributed by atoms with E-state index in [4.69, 9.17) is 9.47 Å². The number of carbonyl (C=O) groups excluding carboxylic acids is 1. The molecule has 0 spiro atoms. The fourth-order valence-electron chi connectivity index (χ4n) is 3.16. The summed E-state index contributed by atoms with van der Waals surface area (Å²) in [6, 6.07) is 12.6. The molecule has 3 rings (SSSR count). The van der Waals surface area contributed by atoms with Crippen LogP contribution < -0.4 is 4.74 Å². The first-order valence-corrected chi connectivity index (χ1v) is 9.50. The summed E-state index contributed by atoms with van der Waals surface area (Å²) in [5.74, 6) is 0.873. The SMILES string of the molecule is Cc1ccc(COc2ccc3c(c2)CCN(C(=O)OC(C)(C)C)C3)cc1C. The van der Waals surface area contributed by atoms with Crippen LogP contribution in [0.25, 0.3) is 0 Å². The lowest BCUT2D eigenvalue weighted by Crippen LogP contribution is -2.39. The van der Waals surface area contributed by atoms with Gasteiger partial charge in [-0.1, -0.05) is 24.3 Å². The molecule has 1 aliphatic rings. The molecule has 1 heterocycles. The monoisotopic (exact) mass is 367 g/mol. The molecule has 0 aliphatic carbocycles. The van der Waals surface area contributed by atoms with E-state index in [0.717, 1.165) is 17.7 Å². The van der Waals surface area contributed by atoms with E-state index in [0.29, 0.717) is 19.7 Å². The van der Waals surface area contributed by atoms with E-state index in [1.54, 1.807) is 4.90 Å². The summed E-state index contributed by atoms with van der Waals surface area (Å²) in [6.45, 7) is 11.7. The van der Waals surface area contributed by atoms with Gasteiger partial charge in [0, 0.05) is 13.1 Å². The van der Waals surface area contributed by atoms with Crippen molar-refractivity contribution in [2.24, 2.45) is 0 Å². The van der Waals surface area contributed by atoms with Crippen molar-refractivity contribution in [1.82, 2.24) is 4.90 Å². The molecule has 0 aromatic heterocycles. The van der Waals surface area contributed by atoms with E-state index in [-0.39, 0.29) is 6.09 Å². The fraction of sp³-hybridized carbons (Fsp3) is 0.435. The summed E-state index contributed by atoms with van der Waals surface area (Å²) in [7, 11) is 0. The number of ether oxygens (including phenoxy) is 2. The van der Waals surface area contributed by atoms with Gasteiger partial charge in [0.1, 0.15) is 18.0 Å². The molecule has 4 heteroatoms. The van der Waals surface area contributed by atoms with Crippen molar-refractivity contribution < 1.29 is 14.3 Å². The number of carbonyl (C=O) groups is 1. The molecule has 0 N–H and O–H groups in total. The lowest BCUT2D eigenvalue weighted by molar-refractivity contribution is 0.0224. The van der Waals surface area contributed by atoms with Crippen LogP contribution >= 0.6 is 0 Å². The first-order valence-electron chi connectivity index (χ1n) is 9.50. The Bertz CT molecular complexity index is 836. The van der Waals surface area contributed by atoms with Gasteiger partial charge in [0.15, 0.2) is 0 Å². The predicted molar refractivity (Wildman–Crippen MR) is 107 cm³/mol. The largest absolute Gasteiger partial charge is 0.489 e. The van der Waals surface area contributed by atoms with Crippen LogP contribution in [0.5, 0.6) is 5.75 Å². The van der Waals surface area contributed by atoms with Gasteiger partial charge in [-0.05, 0) is 81.0 Å². The summed E-state index contributed by atoms with van der Waals surface area (Å²) in [5, 5.41) is 0. The van der Waals surface area contributed by atoms with Gasteiger partial charge >= 0.3 is 6.09 Å². The average molecular weight is 367 g/mol. The number of rotatable bonds is 3. The molecular formula is C23H29NO3. The first kappa shape index (κ1) is 19.3. The fourth-order valence-corrected chi connectivity index (χ4v) is 3.16. The molecule has 4 nitrogen and oxygen atoms in total. The Hall–Kier alpha value is -2.49. The van der Waals surface area contributed by atoms with Crippen LogP contribution in [0.1, 0.15) is 48.6 Å². The van der Waals surface area contributed by atoms with Gasteiger partial charge < -0.3 is 14.4 Å². The average Bonchev–Trinajstić information content (AvgIpc) is 2.60. The summed E-state index contributed by atoms with van der Waals surface area (Å²) < 4.78 is 11.5. The Balaban J connectivity index is 1.63. The van der Waals surface area contributed by atoms with Gasteiger partial charge in [-0.3, -0.25) is 0 Å². The van der Waals surface area contributed by atoms with Gasteiger partial charge in [0.2, 0.25) is 0 Å². The second kappa shape index (κ2) is 7.63. The standard InChI is InChI=1S/C23H29NO3/c1-16-6-7-18(12-17(16)2)15-26-21-9-8-20-14-24(11-10-19(20)13-21)22(25)27-23(3,4)5/h6-9,12-13H,10-11,14-15H2,1-5H3. The van der Waals surface area contributed by atoms with Crippen LogP contribution in [-0.2, 0) is 24.3 Å². The zero-order valence-corrected chi connectivity index (χ0v) is 17.0. The molecule has 1 amide bonds. The molecule has 0 radical (unpaired) electrons. The number of benzene rings is 2. The number of hydrogen-bond donors (Lipinski definition) is 0. The van der Waals surface area contributed by atoms with E-state index in [2.05, 4.69) is 44.2 Å². The zero-order valence-electron chi connectivity index (χ0n) is 17.0. The highest BCUT2D eigenvalue weighted by Gasteiger charge is 2.25. The molecular weight excluding hydrogens is 338 g/mol. The second-order valence-electron chi connectivity index (χ2n) is 8.29. The maximum atomic E-state index is 12.3. The highest BCUT2D eigenvalue weighted by molar-refractivity contribution is 5.68. The quantitative estimate of drug-likeness (QED) is 0.751. The normalized spacial score (nSPS) is 13.9. The number of hydrogen-bond acceptors (Lipinski definition) is 3. The second-order valence-corrected chi connectivity index (χ2v) is 8.29. The first-order chi connectivity index (χ1) is 12.7. The maximum Gasteiger partial charge on any atom is 0.410 e. The molecule has 0 unspecified atom stereocenters. The smallest absolute Gasteiger partial charge is 0.410 e. The Labute approximate surface area is 162 Å². The van der Waals surface area contributed by atoms with E-state index < -0.39 is 5.60 Å². The van der Waals surface area contributed by atoms with Crippen LogP contribution in [0.3, 0.4) is 0 Å². The third-order valence-electron chi connectivity index (χ3n) is 4.82. The van der Waals surface area contributed by atoms with Crippen molar-refractivity contribution >= 4 is 6.09 Å². The molecule has 0 bridgehead atoms. The van der Waals surface area contributed by atoms with Crippen LogP contribution in [-0.4, -0.2) is 23.1 Å². The summed E-state index contributed by atoms with van der Waals surface area (Å²) >= 11 is 0. The van der Waals surface area contributed by atoms with Crippen LogP contribution in [0, 0.1) is 13.8 Å². The Morgan fingerprint density at radius 1 is 1.04 bits per heavy atom. The predicted octanol–water partition coefficient (Wildman–Crippen LogP) is 5.18. The molecule has 2 aromatic carbocycles. The summed E-state index contributed by atoms with van der Waals surface area (Å²) in [5.41, 5.74) is 5.68. The molecule has 144 valence electrons. The van der Waals surface area contributed by atoms with Crippen molar-refractivity contribution in [2.45, 2.75) is 59.8 Å². The van der Waals surface area contributed by atoms with E-state index in [1.807, 2.05) is 26.8 Å². The lowest BCUT2D eigenvalue weighted by atomic mass is 10.00. The van der Waals surface area contributed by atoms with Crippen molar-refractivity contribution in [3.05, 3.63) is 64.2 Å². The van der Waals surface area contributed by atoms with Gasteiger partial charge in [-0.15, -0.1) is 0 Å². The highest BCUT2D eigenvalue weighted by Crippen LogP contribution is 2.25. The van der Waals surface area contributed by atoms with Crippen molar-refractivity contribution in [2.75, 3.05) is 6.54 Å². The van der Waals surface area contributed by atoms with Crippen LogP contribution in [0.4, 0.5) is 4.79 Å². The minimum absolute atomic E-state index is 0.247. The highest BCUT2D eigenvalue weighted by atomic mass is 16.6. The third kappa shape index (κ3) is 5.03. The molecule has 0 atom stereocenters. The number of amides is 1. The van der Waals surface area contributed by atoms with Crippen molar-refractivity contribution in [1.29, 1.82) is 0 Å². The molecule has 0 fully saturated rings. The number of nitrogens with zero attached hydrogens (tertiary/aromatic N) is 1. The van der Waals surface area contributed by atoms with Crippen LogP contribution in [0.15, 0.2) is 36.4 Å². The van der Waals surface area contributed by atoms with Crippen molar-refractivity contribution in [3.63, 3.8) is 0 Å². The maximum absolute atomic E-state index is 12.3. The van der Waals surface area contributed by atoms with E-state index in [1.165, 1.54) is 22.3 Å². The topological polar surface area (TPSA) is 38.8 Å².